The van der Waals surface area contributed by atoms with Crippen molar-refractivity contribution < 1.29 is 14.2 Å². The monoisotopic (exact) mass is 276 g/mol. The third-order valence-electron chi connectivity index (χ3n) is 3.08. The van der Waals surface area contributed by atoms with E-state index in [1.807, 2.05) is 24.3 Å². The highest BCUT2D eigenvalue weighted by Gasteiger charge is 2.14. The van der Waals surface area contributed by atoms with Crippen LogP contribution < -0.4 is 9.64 Å². The van der Waals surface area contributed by atoms with Gasteiger partial charge >= 0.3 is 0 Å². The number of para-hydroxylation sites is 1. The standard InChI is InChI=1S/C15H17FN2O2/c1-18(9-11-5-3-4-6-13(11)20-2)15-14(16)12(10-19)7-8-17-15/h3-8,19H,9-10H2,1-2H3. The molecule has 1 aromatic carbocycles. The van der Waals surface area contributed by atoms with Gasteiger partial charge in [0.05, 0.1) is 13.7 Å². The molecule has 0 fully saturated rings. The van der Waals surface area contributed by atoms with Crippen LogP contribution in [-0.4, -0.2) is 24.2 Å². The van der Waals surface area contributed by atoms with Crippen LogP contribution in [0.25, 0.3) is 0 Å². The number of ether oxygens (including phenoxy) is 1. The van der Waals surface area contributed by atoms with Gasteiger partial charge < -0.3 is 14.7 Å². The van der Waals surface area contributed by atoms with Crippen LogP contribution in [-0.2, 0) is 13.2 Å². The molecule has 5 heteroatoms. The number of rotatable bonds is 5. The van der Waals surface area contributed by atoms with E-state index in [9.17, 15) is 4.39 Å². The van der Waals surface area contributed by atoms with E-state index < -0.39 is 5.82 Å². The zero-order chi connectivity index (χ0) is 14.5. The van der Waals surface area contributed by atoms with Crippen molar-refractivity contribution >= 4 is 5.82 Å². The average Bonchev–Trinajstić information content (AvgIpc) is 2.48. The lowest BCUT2D eigenvalue weighted by atomic mass is 10.2. The Balaban J connectivity index is 2.26. The summed E-state index contributed by atoms with van der Waals surface area (Å²) < 4.78 is 19.4. The van der Waals surface area contributed by atoms with Crippen LogP contribution >= 0.6 is 0 Å². The fourth-order valence-corrected chi connectivity index (χ4v) is 2.02. The summed E-state index contributed by atoms with van der Waals surface area (Å²) in [4.78, 5) is 5.72. The number of anilines is 1. The summed E-state index contributed by atoms with van der Waals surface area (Å²) in [5.41, 5.74) is 1.18. The summed E-state index contributed by atoms with van der Waals surface area (Å²) in [6.07, 6.45) is 1.49. The van der Waals surface area contributed by atoms with Crippen LogP contribution in [0, 0.1) is 5.82 Å². The molecule has 106 valence electrons. The van der Waals surface area contributed by atoms with Gasteiger partial charge in [0.1, 0.15) is 5.75 Å². The molecule has 0 unspecified atom stereocenters. The van der Waals surface area contributed by atoms with E-state index >= 15 is 0 Å². The van der Waals surface area contributed by atoms with Crippen molar-refractivity contribution in [3.8, 4) is 5.75 Å². The minimum absolute atomic E-state index is 0.211. The predicted molar refractivity (Wildman–Crippen MR) is 75.2 cm³/mol. The lowest BCUT2D eigenvalue weighted by Crippen LogP contribution is -2.20. The van der Waals surface area contributed by atoms with Gasteiger partial charge in [-0.3, -0.25) is 0 Å². The minimum Gasteiger partial charge on any atom is -0.496 e. The Morgan fingerprint density at radius 2 is 2.00 bits per heavy atom. The molecular formula is C15H17FN2O2. The summed E-state index contributed by atoms with van der Waals surface area (Å²) in [5.74, 6) is 0.466. The van der Waals surface area contributed by atoms with Gasteiger partial charge in [-0.05, 0) is 12.1 Å². The maximum atomic E-state index is 14.1. The molecule has 1 aromatic heterocycles. The first-order chi connectivity index (χ1) is 9.67. The minimum atomic E-state index is -0.493. The van der Waals surface area contributed by atoms with Gasteiger partial charge in [-0.2, -0.15) is 0 Å². The Morgan fingerprint density at radius 1 is 1.25 bits per heavy atom. The number of nitrogens with zero attached hydrogens (tertiary/aromatic N) is 2. The Morgan fingerprint density at radius 3 is 2.70 bits per heavy atom. The van der Waals surface area contributed by atoms with Crippen LogP contribution in [0.5, 0.6) is 5.75 Å². The van der Waals surface area contributed by atoms with Crippen molar-refractivity contribution in [1.29, 1.82) is 0 Å². The molecule has 0 spiro atoms. The summed E-state index contributed by atoms with van der Waals surface area (Å²) >= 11 is 0. The zero-order valence-electron chi connectivity index (χ0n) is 11.5. The van der Waals surface area contributed by atoms with Gasteiger partial charge in [0.15, 0.2) is 11.6 Å². The number of hydrogen-bond acceptors (Lipinski definition) is 4. The van der Waals surface area contributed by atoms with E-state index in [1.54, 1.807) is 19.1 Å². The Hall–Kier alpha value is -2.14. The van der Waals surface area contributed by atoms with E-state index in [0.717, 1.165) is 11.3 Å². The molecule has 2 aromatic rings. The predicted octanol–water partition coefficient (Wildman–Crippen LogP) is 2.36. The van der Waals surface area contributed by atoms with Gasteiger partial charge in [0.2, 0.25) is 0 Å². The van der Waals surface area contributed by atoms with E-state index in [-0.39, 0.29) is 18.0 Å². The number of benzene rings is 1. The highest BCUT2D eigenvalue weighted by Crippen LogP contribution is 2.23. The molecule has 0 saturated heterocycles. The van der Waals surface area contributed by atoms with Crippen LogP contribution in [0.1, 0.15) is 11.1 Å². The third-order valence-corrected chi connectivity index (χ3v) is 3.08. The fourth-order valence-electron chi connectivity index (χ4n) is 2.02. The number of pyridine rings is 1. The number of halogens is 1. The lowest BCUT2D eigenvalue weighted by Gasteiger charge is -2.20. The number of aliphatic hydroxyl groups excluding tert-OH is 1. The highest BCUT2D eigenvalue weighted by atomic mass is 19.1. The SMILES string of the molecule is COc1ccccc1CN(C)c1nccc(CO)c1F. The van der Waals surface area contributed by atoms with Crippen molar-refractivity contribution in [2.75, 3.05) is 19.1 Å². The molecule has 20 heavy (non-hydrogen) atoms. The number of aliphatic hydroxyl groups is 1. The molecule has 0 bridgehead atoms. The molecule has 0 aliphatic rings. The van der Waals surface area contributed by atoms with E-state index in [4.69, 9.17) is 9.84 Å². The van der Waals surface area contributed by atoms with Crippen molar-refractivity contribution in [3.63, 3.8) is 0 Å². The largest absolute Gasteiger partial charge is 0.496 e. The normalized spacial score (nSPS) is 10.4. The van der Waals surface area contributed by atoms with E-state index in [2.05, 4.69) is 4.98 Å². The highest BCUT2D eigenvalue weighted by molar-refractivity contribution is 5.45. The van der Waals surface area contributed by atoms with Gasteiger partial charge in [-0.1, -0.05) is 18.2 Å². The second-order valence-corrected chi connectivity index (χ2v) is 4.43. The maximum Gasteiger partial charge on any atom is 0.171 e. The molecule has 0 aliphatic heterocycles. The topological polar surface area (TPSA) is 45.6 Å². The first-order valence-electron chi connectivity index (χ1n) is 6.24. The zero-order valence-corrected chi connectivity index (χ0v) is 11.5. The van der Waals surface area contributed by atoms with Gasteiger partial charge in [-0.25, -0.2) is 9.37 Å². The van der Waals surface area contributed by atoms with E-state index in [0.29, 0.717) is 6.54 Å². The number of aromatic nitrogens is 1. The number of methoxy groups -OCH3 is 1. The van der Waals surface area contributed by atoms with Crippen LogP contribution in [0.15, 0.2) is 36.5 Å². The molecule has 0 saturated carbocycles. The fraction of sp³-hybridized carbons (Fsp3) is 0.267. The molecular weight excluding hydrogens is 259 g/mol. The molecule has 4 nitrogen and oxygen atoms in total. The van der Waals surface area contributed by atoms with Crippen LogP contribution in [0.2, 0.25) is 0 Å². The Bertz CT molecular complexity index is 590. The lowest BCUT2D eigenvalue weighted by molar-refractivity contribution is 0.275. The molecule has 0 atom stereocenters. The molecule has 0 amide bonds. The van der Waals surface area contributed by atoms with Crippen molar-refractivity contribution in [2.24, 2.45) is 0 Å². The summed E-state index contributed by atoms with van der Waals surface area (Å²) in [7, 11) is 3.35. The van der Waals surface area contributed by atoms with Crippen LogP contribution in [0.3, 0.4) is 0 Å². The van der Waals surface area contributed by atoms with Gasteiger partial charge in [0.25, 0.3) is 0 Å². The second kappa shape index (κ2) is 6.34. The number of hydrogen-bond donors (Lipinski definition) is 1. The first kappa shape index (κ1) is 14.3. The Kier molecular flexibility index (Phi) is 4.53. The quantitative estimate of drug-likeness (QED) is 0.910. The van der Waals surface area contributed by atoms with Crippen molar-refractivity contribution in [2.45, 2.75) is 13.2 Å². The maximum absolute atomic E-state index is 14.1. The van der Waals surface area contributed by atoms with Crippen molar-refractivity contribution in [1.82, 2.24) is 4.98 Å². The molecule has 2 rings (SSSR count). The first-order valence-corrected chi connectivity index (χ1v) is 6.24. The molecule has 0 radical (unpaired) electrons. The average molecular weight is 276 g/mol. The molecule has 0 aliphatic carbocycles. The summed E-state index contributed by atoms with van der Waals surface area (Å²) in [6, 6.07) is 9.03. The summed E-state index contributed by atoms with van der Waals surface area (Å²) in [5, 5.41) is 9.09. The smallest absolute Gasteiger partial charge is 0.171 e. The van der Waals surface area contributed by atoms with Gasteiger partial charge in [-0.15, -0.1) is 0 Å². The van der Waals surface area contributed by atoms with Crippen LogP contribution in [0.4, 0.5) is 10.2 Å². The molecule has 1 heterocycles. The van der Waals surface area contributed by atoms with E-state index in [1.165, 1.54) is 12.3 Å². The van der Waals surface area contributed by atoms with Crippen molar-refractivity contribution in [3.05, 3.63) is 53.5 Å². The summed E-state index contributed by atoms with van der Waals surface area (Å²) in [6.45, 7) is 0.118. The second-order valence-electron chi connectivity index (χ2n) is 4.43. The Labute approximate surface area is 117 Å². The molecule has 1 N–H and O–H groups in total. The van der Waals surface area contributed by atoms with Gasteiger partial charge in [0, 0.05) is 30.9 Å². The third kappa shape index (κ3) is 2.88.